The number of Topliss-reactive ketones (excluding diaryl/α,β-unsaturated/α-hetero) is 2. The third kappa shape index (κ3) is 6.66. The Labute approximate surface area is 233 Å². The van der Waals surface area contributed by atoms with Crippen LogP contribution >= 0.6 is 11.6 Å². The topological polar surface area (TPSA) is 59.4 Å². The summed E-state index contributed by atoms with van der Waals surface area (Å²) in [6.45, 7) is 7.58. The van der Waals surface area contributed by atoms with E-state index < -0.39 is 32.0 Å². The maximum atomic E-state index is 14.4. The SMILES string of the molecule is CC(=O)c1cn(CC(=O)N2C[C@H](F)C[C@H]2C(=O)CCc2cccc(Cl)c2F)c2ccc(C#C[Si](C)(C)C)cc12. The van der Waals surface area contributed by atoms with Gasteiger partial charge in [0, 0.05) is 41.1 Å². The standard InChI is InChI=1S/C30H31ClF2N2O3Si/c1-19(36)24-17-34(26-10-8-20(14-23(24)26)12-13-39(2,3)4)18-29(38)35-16-22(32)15-27(35)28(37)11-9-21-6-5-7-25(31)30(21)33/h5-8,10,14,17,22,27H,9,11,15-16,18H2,1-4H3/t22-,27+/m1/s1. The van der Waals surface area contributed by atoms with Gasteiger partial charge in [0.15, 0.2) is 11.6 Å². The van der Waals surface area contributed by atoms with Crippen LogP contribution in [0.15, 0.2) is 42.6 Å². The minimum Gasteiger partial charge on any atom is -0.337 e. The van der Waals surface area contributed by atoms with Crippen LogP contribution in [0.3, 0.4) is 0 Å². The molecule has 4 rings (SSSR count). The molecule has 5 nitrogen and oxygen atoms in total. The van der Waals surface area contributed by atoms with Crippen molar-refractivity contribution in [2.45, 2.75) is 64.6 Å². The Morgan fingerprint density at radius 2 is 1.90 bits per heavy atom. The van der Waals surface area contributed by atoms with Crippen LogP contribution in [0.25, 0.3) is 10.9 Å². The zero-order chi connectivity index (χ0) is 28.5. The number of aryl methyl sites for hydroxylation is 1. The van der Waals surface area contributed by atoms with Gasteiger partial charge in [-0.15, -0.1) is 5.54 Å². The Hall–Kier alpha value is -3.28. The highest BCUT2D eigenvalue weighted by atomic mass is 35.5. The third-order valence-electron chi connectivity index (χ3n) is 6.76. The molecule has 1 aromatic heterocycles. The van der Waals surface area contributed by atoms with Crippen molar-refractivity contribution in [3.8, 4) is 11.5 Å². The number of carbonyl (C=O) groups is 3. The summed E-state index contributed by atoms with van der Waals surface area (Å²) in [4.78, 5) is 40.0. The summed E-state index contributed by atoms with van der Waals surface area (Å²) in [5, 5.41) is 0.666. The Bertz CT molecular complexity index is 1520. The molecule has 9 heteroatoms. The first kappa shape index (κ1) is 28.7. The number of likely N-dealkylation sites (tertiary alicyclic amines) is 1. The highest BCUT2D eigenvalue weighted by molar-refractivity contribution is 6.83. The van der Waals surface area contributed by atoms with Crippen molar-refractivity contribution in [2.24, 2.45) is 0 Å². The summed E-state index contributed by atoms with van der Waals surface area (Å²) in [5.41, 5.74) is 5.56. The maximum Gasteiger partial charge on any atom is 0.243 e. The van der Waals surface area contributed by atoms with Gasteiger partial charge in [-0.1, -0.05) is 49.3 Å². The van der Waals surface area contributed by atoms with E-state index in [4.69, 9.17) is 11.6 Å². The normalized spacial score (nSPS) is 17.3. The smallest absolute Gasteiger partial charge is 0.243 e. The molecule has 1 fully saturated rings. The van der Waals surface area contributed by atoms with E-state index in [1.54, 1.807) is 22.9 Å². The fraction of sp³-hybridized carbons (Fsp3) is 0.367. The molecule has 39 heavy (non-hydrogen) atoms. The minimum atomic E-state index is -1.59. The van der Waals surface area contributed by atoms with Gasteiger partial charge in [0.1, 0.15) is 26.6 Å². The van der Waals surface area contributed by atoms with E-state index in [0.29, 0.717) is 22.0 Å². The molecule has 1 amide bonds. The van der Waals surface area contributed by atoms with E-state index in [-0.39, 0.29) is 48.9 Å². The van der Waals surface area contributed by atoms with E-state index in [0.717, 1.165) is 5.56 Å². The lowest BCUT2D eigenvalue weighted by Crippen LogP contribution is -2.42. The molecular weight excluding hydrogens is 538 g/mol. The van der Waals surface area contributed by atoms with Gasteiger partial charge in [-0.2, -0.15) is 0 Å². The van der Waals surface area contributed by atoms with Crippen LogP contribution < -0.4 is 0 Å². The van der Waals surface area contributed by atoms with Crippen LogP contribution in [0, 0.1) is 17.3 Å². The summed E-state index contributed by atoms with van der Waals surface area (Å²) >= 11 is 5.83. The predicted octanol–water partition coefficient (Wildman–Crippen LogP) is 6.01. The highest BCUT2D eigenvalue weighted by Gasteiger charge is 2.39. The minimum absolute atomic E-state index is 0.0273. The van der Waals surface area contributed by atoms with Crippen molar-refractivity contribution in [2.75, 3.05) is 6.54 Å². The van der Waals surface area contributed by atoms with E-state index in [1.807, 2.05) is 18.2 Å². The van der Waals surface area contributed by atoms with Gasteiger partial charge in [-0.05, 0) is 43.2 Å². The Morgan fingerprint density at radius 1 is 1.15 bits per heavy atom. The predicted molar refractivity (Wildman–Crippen MR) is 152 cm³/mol. The molecule has 2 aromatic carbocycles. The van der Waals surface area contributed by atoms with Gasteiger partial charge in [-0.3, -0.25) is 14.4 Å². The summed E-state index contributed by atoms with van der Waals surface area (Å²) in [6, 6.07) is 9.20. The molecule has 0 saturated carbocycles. The van der Waals surface area contributed by atoms with Crippen molar-refractivity contribution in [3.05, 3.63) is 70.1 Å². The molecule has 0 spiro atoms. The van der Waals surface area contributed by atoms with Crippen molar-refractivity contribution in [1.82, 2.24) is 9.47 Å². The summed E-state index contributed by atoms with van der Waals surface area (Å²) in [7, 11) is -1.59. The maximum absolute atomic E-state index is 14.4. The van der Waals surface area contributed by atoms with Crippen LogP contribution in [-0.2, 0) is 22.6 Å². The molecule has 0 bridgehead atoms. The zero-order valence-corrected chi connectivity index (χ0v) is 24.2. The van der Waals surface area contributed by atoms with E-state index in [9.17, 15) is 23.2 Å². The number of alkyl halides is 1. The summed E-state index contributed by atoms with van der Waals surface area (Å²) < 4.78 is 30.4. The fourth-order valence-corrected chi connectivity index (χ4v) is 5.53. The van der Waals surface area contributed by atoms with Crippen LogP contribution in [0.5, 0.6) is 0 Å². The molecule has 0 unspecified atom stereocenters. The van der Waals surface area contributed by atoms with Crippen molar-refractivity contribution in [1.29, 1.82) is 0 Å². The van der Waals surface area contributed by atoms with Gasteiger partial charge in [0.25, 0.3) is 0 Å². The fourth-order valence-electron chi connectivity index (χ4n) is 4.81. The number of nitrogens with zero attached hydrogens (tertiary/aromatic N) is 2. The number of fused-ring (bicyclic) bond motifs is 1. The van der Waals surface area contributed by atoms with Crippen LogP contribution in [0.2, 0.25) is 24.7 Å². The Kier molecular flexibility index (Phi) is 8.43. The number of carbonyl (C=O) groups excluding carboxylic acids is 3. The van der Waals surface area contributed by atoms with E-state index in [1.165, 1.54) is 17.9 Å². The third-order valence-corrected chi connectivity index (χ3v) is 7.93. The number of hydrogen-bond donors (Lipinski definition) is 0. The molecule has 1 saturated heterocycles. The van der Waals surface area contributed by atoms with Crippen LogP contribution in [-0.4, -0.2) is 53.8 Å². The van der Waals surface area contributed by atoms with E-state index in [2.05, 4.69) is 31.1 Å². The molecule has 1 aliphatic rings. The molecule has 0 aliphatic carbocycles. The number of benzene rings is 2. The van der Waals surface area contributed by atoms with E-state index >= 15 is 0 Å². The average Bonchev–Trinajstić information content (AvgIpc) is 3.43. The lowest BCUT2D eigenvalue weighted by Gasteiger charge is -2.24. The second-order valence-electron chi connectivity index (χ2n) is 11.0. The molecule has 0 N–H and O–H groups in total. The molecule has 204 valence electrons. The summed E-state index contributed by atoms with van der Waals surface area (Å²) in [6.07, 6.45) is 0.274. The van der Waals surface area contributed by atoms with Crippen molar-refractivity contribution < 1.29 is 23.2 Å². The van der Waals surface area contributed by atoms with Gasteiger partial charge in [-0.25, -0.2) is 8.78 Å². The zero-order valence-electron chi connectivity index (χ0n) is 22.5. The first-order chi connectivity index (χ1) is 18.3. The number of aromatic nitrogens is 1. The lowest BCUT2D eigenvalue weighted by atomic mass is 10.0. The van der Waals surface area contributed by atoms with Gasteiger partial charge in [0.2, 0.25) is 5.91 Å². The van der Waals surface area contributed by atoms with Gasteiger partial charge < -0.3 is 9.47 Å². The first-order valence-corrected chi connectivity index (χ1v) is 16.8. The Balaban J connectivity index is 1.54. The average molecular weight is 569 g/mol. The second kappa shape index (κ2) is 11.4. The van der Waals surface area contributed by atoms with Crippen LogP contribution in [0.4, 0.5) is 8.78 Å². The lowest BCUT2D eigenvalue weighted by molar-refractivity contribution is -0.138. The van der Waals surface area contributed by atoms with Crippen LogP contribution in [0.1, 0.15) is 41.3 Å². The second-order valence-corrected chi connectivity index (χ2v) is 16.2. The summed E-state index contributed by atoms with van der Waals surface area (Å²) in [5.74, 6) is 1.73. The number of ketones is 2. The highest BCUT2D eigenvalue weighted by Crippen LogP contribution is 2.27. The molecular formula is C30H31ClF2N2O3Si. The first-order valence-electron chi connectivity index (χ1n) is 12.9. The number of amides is 1. The van der Waals surface area contributed by atoms with Crippen molar-refractivity contribution in [3.63, 3.8) is 0 Å². The monoisotopic (exact) mass is 568 g/mol. The number of halogens is 3. The Morgan fingerprint density at radius 3 is 2.59 bits per heavy atom. The largest absolute Gasteiger partial charge is 0.337 e. The van der Waals surface area contributed by atoms with Crippen molar-refractivity contribution >= 4 is 48.1 Å². The molecule has 0 radical (unpaired) electrons. The molecule has 3 aromatic rings. The molecule has 1 aliphatic heterocycles. The van der Waals surface area contributed by atoms with Gasteiger partial charge >= 0.3 is 0 Å². The quantitative estimate of drug-likeness (QED) is 0.199. The molecule has 2 heterocycles. The number of rotatable bonds is 7. The number of hydrogen-bond acceptors (Lipinski definition) is 3. The van der Waals surface area contributed by atoms with Gasteiger partial charge in [0.05, 0.1) is 17.6 Å². The molecule has 2 atom stereocenters.